The molecule has 0 aliphatic heterocycles. The smallest absolute Gasteiger partial charge is 0.231 e. The van der Waals surface area contributed by atoms with E-state index in [0.29, 0.717) is 24.7 Å². The summed E-state index contributed by atoms with van der Waals surface area (Å²) in [4.78, 5) is 4.25. The van der Waals surface area contributed by atoms with Crippen LogP contribution in [-0.2, 0) is 13.0 Å². The SMILES string of the molecule is CNCc1noc(Cc2ccccc2)n1. The molecule has 0 amide bonds. The highest BCUT2D eigenvalue weighted by atomic mass is 16.5. The van der Waals surface area contributed by atoms with E-state index in [4.69, 9.17) is 4.52 Å². The minimum Gasteiger partial charge on any atom is -0.339 e. The second-order valence-electron chi connectivity index (χ2n) is 3.30. The van der Waals surface area contributed by atoms with E-state index in [1.165, 1.54) is 5.56 Å². The van der Waals surface area contributed by atoms with Crippen LogP contribution in [0.5, 0.6) is 0 Å². The maximum absolute atomic E-state index is 5.12. The number of aromatic nitrogens is 2. The number of nitrogens with zero attached hydrogens (tertiary/aromatic N) is 2. The summed E-state index contributed by atoms with van der Waals surface area (Å²) < 4.78 is 5.12. The molecule has 0 saturated carbocycles. The zero-order valence-corrected chi connectivity index (χ0v) is 8.60. The number of nitrogens with one attached hydrogen (secondary N) is 1. The normalized spacial score (nSPS) is 10.5. The summed E-state index contributed by atoms with van der Waals surface area (Å²) >= 11 is 0. The van der Waals surface area contributed by atoms with E-state index < -0.39 is 0 Å². The monoisotopic (exact) mass is 203 g/mol. The first-order chi connectivity index (χ1) is 7.38. The standard InChI is InChI=1S/C11H13N3O/c1-12-8-10-13-11(15-14-10)7-9-5-3-2-4-6-9/h2-6,12H,7-8H2,1H3. The number of benzene rings is 1. The zero-order chi connectivity index (χ0) is 10.5. The largest absolute Gasteiger partial charge is 0.339 e. The molecular formula is C11H13N3O. The molecule has 1 aromatic carbocycles. The van der Waals surface area contributed by atoms with Gasteiger partial charge in [0.2, 0.25) is 5.89 Å². The van der Waals surface area contributed by atoms with Crippen molar-refractivity contribution in [2.75, 3.05) is 7.05 Å². The minimum absolute atomic E-state index is 0.637. The van der Waals surface area contributed by atoms with Crippen LogP contribution in [0.3, 0.4) is 0 Å². The molecule has 4 heteroatoms. The Balaban J connectivity index is 2.05. The molecule has 0 spiro atoms. The summed E-state index contributed by atoms with van der Waals surface area (Å²) in [6.07, 6.45) is 0.692. The van der Waals surface area contributed by atoms with E-state index in [1.807, 2.05) is 37.4 Å². The van der Waals surface area contributed by atoms with Gasteiger partial charge in [0, 0.05) is 0 Å². The molecular weight excluding hydrogens is 190 g/mol. The quantitative estimate of drug-likeness (QED) is 0.815. The van der Waals surface area contributed by atoms with Crippen molar-refractivity contribution in [1.29, 1.82) is 0 Å². The molecule has 0 unspecified atom stereocenters. The van der Waals surface area contributed by atoms with Crippen LogP contribution in [0.25, 0.3) is 0 Å². The fourth-order valence-electron chi connectivity index (χ4n) is 1.36. The molecule has 78 valence electrons. The Bertz CT molecular complexity index is 411. The third kappa shape index (κ3) is 2.63. The summed E-state index contributed by atoms with van der Waals surface area (Å²) in [5, 5.41) is 6.83. The Hall–Kier alpha value is -1.68. The van der Waals surface area contributed by atoms with Crippen molar-refractivity contribution in [2.24, 2.45) is 0 Å². The van der Waals surface area contributed by atoms with E-state index in [1.54, 1.807) is 0 Å². The van der Waals surface area contributed by atoms with Crippen LogP contribution >= 0.6 is 0 Å². The summed E-state index contributed by atoms with van der Waals surface area (Å²) in [7, 11) is 1.85. The lowest BCUT2D eigenvalue weighted by Crippen LogP contribution is -2.06. The Labute approximate surface area is 88.3 Å². The minimum atomic E-state index is 0.637. The summed E-state index contributed by atoms with van der Waals surface area (Å²) in [5.41, 5.74) is 1.18. The van der Waals surface area contributed by atoms with Crippen LogP contribution in [0, 0.1) is 0 Å². The fraction of sp³-hybridized carbons (Fsp3) is 0.273. The maximum atomic E-state index is 5.12. The van der Waals surface area contributed by atoms with Crippen LogP contribution in [0.2, 0.25) is 0 Å². The van der Waals surface area contributed by atoms with Crippen LogP contribution in [0.15, 0.2) is 34.9 Å². The van der Waals surface area contributed by atoms with Gasteiger partial charge in [0.15, 0.2) is 5.82 Å². The number of hydrogen-bond acceptors (Lipinski definition) is 4. The van der Waals surface area contributed by atoms with Crippen molar-refractivity contribution in [2.45, 2.75) is 13.0 Å². The zero-order valence-electron chi connectivity index (χ0n) is 8.60. The molecule has 1 aromatic heterocycles. The first-order valence-electron chi connectivity index (χ1n) is 4.88. The first kappa shape index (κ1) is 9.86. The lowest BCUT2D eigenvalue weighted by atomic mass is 10.1. The highest BCUT2D eigenvalue weighted by Crippen LogP contribution is 2.06. The van der Waals surface area contributed by atoms with Gasteiger partial charge in [-0.15, -0.1) is 0 Å². The topological polar surface area (TPSA) is 51.0 Å². The van der Waals surface area contributed by atoms with E-state index in [2.05, 4.69) is 15.5 Å². The maximum Gasteiger partial charge on any atom is 0.231 e. The molecule has 0 bridgehead atoms. The lowest BCUT2D eigenvalue weighted by Gasteiger charge is -1.93. The van der Waals surface area contributed by atoms with Gasteiger partial charge in [-0.2, -0.15) is 4.98 Å². The molecule has 0 aliphatic carbocycles. The average molecular weight is 203 g/mol. The Kier molecular flexibility index (Phi) is 3.09. The molecule has 4 nitrogen and oxygen atoms in total. The van der Waals surface area contributed by atoms with Gasteiger partial charge >= 0.3 is 0 Å². The van der Waals surface area contributed by atoms with Crippen molar-refractivity contribution in [3.8, 4) is 0 Å². The third-order valence-corrected chi connectivity index (χ3v) is 2.04. The average Bonchev–Trinajstić information content (AvgIpc) is 2.68. The van der Waals surface area contributed by atoms with E-state index in [9.17, 15) is 0 Å². The van der Waals surface area contributed by atoms with Gasteiger partial charge in [0.25, 0.3) is 0 Å². The van der Waals surface area contributed by atoms with Crippen molar-refractivity contribution >= 4 is 0 Å². The molecule has 0 atom stereocenters. The molecule has 0 aliphatic rings. The molecule has 15 heavy (non-hydrogen) atoms. The highest BCUT2D eigenvalue weighted by molar-refractivity contribution is 5.17. The molecule has 0 fully saturated rings. The Morgan fingerprint density at radius 3 is 2.80 bits per heavy atom. The predicted octanol–water partition coefficient (Wildman–Crippen LogP) is 1.38. The second-order valence-corrected chi connectivity index (χ2v) is 3.30. The second kappa shape index (κ2) is 4.70. The van der Waals surface area contributed by atoms with Gasteiger partial charge in [0.05, 0.1) is 13.0 Å². The third-order valence-electron chi connectivity index (χ3n) is 2.04. The Morgan fingerprint density at radius 1 is 1.27 bits per heavy atom. The molecule has 1 N–H and O–H groups in total. The van der Waals surface area contributed by atoms with Crippen molar-refractivity contribution < 1.29 is 4.52 Å². The van der Waals surface area contributed by atoms with E-state index in [-0.39, 0.29) is 0 Å². The van der Waals surface area contributed by atoms with E-state index in [0.717, 1.165) is 0 Å². The van der Waals surface area contributed by atoms with Gasteiger partial charge in [-0.25, -0.2) is 0 Å². The predicted molar refractivity (Wildman–Crippen MR) is 56.3 cm³/mol. The van der Waals surface area contributed by atoms with Crippen molar-refractivity contribution in [3.63, 3.8) is 0 Å². The fourth-order valence-corrected chi connectivity index (χ4v) is 1.36. The number of hydrogen-bond donors (Lipinski definition) is 1. The van der Waals surface area contributed by atoms with Crippen molar-refractivity contribution in [1.82, 2.24) is 15.5 Å². The van der Waals surface area contributed by atoms with Gasteiger partial charge in [0.1, 0.15) is 0 Å². The first-order valence-corrected chi connectivity index (χ1v) is 4.88. The molecule has 0 radical (unpaired) electrons. The summed E-state index contributed by atoms with van der Waals surface area (Å²) in [6.45, 7) is 0.637. The van der Waals surface area contributed by atoms with Crippen molar-refractivity contribution in [3.05, 3.63) is 47.6 Å². The molecule has 0 saturated heterocycles. The molecule has 1 heterocycles. The number of rotatable bonds is 4. The summed E-state index contributed by atoms with van der Waals surface area (Å²) in [5.74, 6) is 1.36. The van der Waals surface area contributed by atoms with Crippen LogP contribution in [0.4, 0.5) is 0 Å². The van der Waals surface area contributed by atoms with Gasteiger partial charge < -0.3 is 9.84 Å². The molecule has 2 rings (SSSR count). The van der Waals surface area contributed by atoms with Gasteiger partial charge in [-0.1, -0.05) is 35.5 Å². The van der Waals surface area contributed by atoms with Crippen LogP contribution in [-0.4, -0.2) is 17.2 Å². The molecule has 2 aromatic rings. The van der Waals surface area contributed by atoms with Crippen LogP contribution < -0.4 is 5.32 Å². The summed E-state index contributed by atoms with van der Waals surface area (Å²) in [6, 6.07) is 10.1. The lowest BCUT2D eigenvalue weighted by molar-refractivity contribution is 0.378. The van der Waals surface area contributed by atoms with E-state index >= 15 is 0 Å². The Morgan fingerprint density at radius 2 is 2.07 bits per heavy atom. The van der Waals surface area contributed by atoms with Gasteiger partial charge in [-0.3, -0.25) is 0 Å². The van der Waals surface area contributed by atoms with Gasteiger partial charge in [-0.05, 0) is 12.6 Å². The highest BCUT2D eigenvalue weighted by Gasteiger charge is 2.05. The van der Waals surface area contributed by atoms with Crippen LogP contribution in [0.1, 0.15) is 17.3 Å².